The molecule has 0 atom stereocenters. The second-order valence-corrected chi connectivity index (χ2v) is 12.4. The highest BCUT2D eigenvalue weighted by Crippen LogP contribution is 2.20. The Morgan fingerprint density at radius 2 is 1.23 bits per heavy atom. The van der Waals surface area contributed by atoms with Crippen LogP contribution in [-0.2, 0) is 23.8 Å². The number of hydrogen-bond donors (Lipinski definition) is 4. The lowest BCUT2D eigenvalue weighted by atomic mass is 10.1. The van der Waals surface area contributed by atoms with Gasteiger partial charge in [0.05, 0.1) is 29.1 Å². The van der Waals surface area contributed by atoms with Crippen LogP contribution < -0.4 is 21.7 Å². The lowest BCUT2D eigenvalue weighted by Crippen LogP contribution is -2.28. The number of fused-ring (bicyclic) bond motifs is 1. The molecule has 1 aliphatic heterocycles. The first-order valence-electron chi connectivity index (χ1n) is 15.9. The minimum atomic E-state index is -1.00. The number of nitrogens with zero attached hydrogens (tertiary/aromatic N) is 4. The summed E-state index contributed by atoms with van der Waals surface area (Å²) >= 11 is 0. The maximum absolute atomic E-state index is 11.9. The Hall–Kier alpha value is -6.78. The number of nitrogens with one attached hydrogen (secondary N) is 3. The molecule has 3 amide bonds. The molecule has 53 heavy (non-hydrogen) atoms. The average molecular weight is 731 g/mol. The molecule has 0 spiro atoms. The molecule has 17 heteroatoms. The molecular formula is C36H42N8O9. The number of anilines is 4. The van der Waals surface area contributed by atoms with Gasteiger partial charge in [-0.05, 0) is 84.9 Å². The van der Waals surface area contributed by atoms with Crippen LogP contribution in [0, 0.1) is 0 Å². The standard InChI is InChI=1S/C14H18N2O5.C10H14N2O2.C7H4N2O2.C5H6N2/c1-5-20-12(18)11(17)9-8-15-7-6-10(9)16-13(19)21-14(2,3)4;1-10(2,3)14-9(13)12-8-4-6-11-7-5-8;10-6-4-3-8-2-1-5(4)9-7(6)11;6-5-1-3-7-4-2-5/h6-8H,5H2,1-4H3,(H,15,16,19);4-7H,1-3H3,(H,11,12,13);1-3H,(H,9,10,11);1-4H,(H2,6,7). The zero-order valence-corrected chi connectivity index (χ0v) is 30.3. The van der Waals surface area contributed by atoms with Crippen LogP contribution >= 0.6 is 0 Å². The van der Waals surface area contributed by atoms with Crippen molar-refractivity contribution in [3.8, 4) is 0 Å². The molecule has 5 N–H and O–H groups in total. The van der Waals surface area contributed by atoms with Crippen molar-refractivity contribution in [3.05, 3.63) is 97.1 Å². The first kappa shape index (κ1) is 42.4. The summed E-state index contributed by atoms with van der Waals surface area (Å²) in [6.45, 7) is 12.3. The number of nitrogens with two attached hydrogens (primary N) is 1. The van der Waals surface area contributed by atoms with Gasteiger partial charge in [0.25, 0.3) is 17.5 Å². The molecule has 0 aromatic carbocycles. The van der Waals surface area contributed by atoms with Crippen molar-refractivity contribution < 1.29 is 43.0 Å². The van der Waals surface area contributed by atoms with Crippen molar-refractivity contribution in [3.63, 3.8) is 0 Å². The van der Waals surface area contributed by atoms with Crippen LogP contribution in [0.5, 0.6) is 0 Å². The fraction of sp³-hybridized carbons (Fsp3) is 0.278. The Kier molecular flexibility index (Phi) is 16.1. The molecule has 0 saturated carbocycles. The third-order valence-corrected chi connectivity index (χ3v) is 5.71. The fourth-order valence-electron chi connectivity index (χ4n) is 3.61. The number of nitrogen functional groups attached to an aromatic ring is 1. The average Bonchev–Trinajstić information content (AvgIpc) is 3.37. The Morgan fingerprint density at radius 1 is 0.717 bits per heavy atom. The summed E-state index contributed by atoms with van der Waals surface area (Å²) in [4.78, 5) is 83.2. The number of Topliss-reactive ketones (excluding diaryl/α,β-unsaturated/α-hetero) is 2. The minimum Gasteiger partial charge on any atom is -0.460 e. The van der Waals surface area contributed by atoms with E-state index in [4.69, 9.17) is 15.2 Å². The molecule has 280 valence electrons. The SMILES string of the molecule is CC(C)(C)OC(=O)Nc1ccncc1.CCOC(=O)C(=O)c1cnccc1NC(=O)OC(C)(C)C.Nc1ccncc1.O=C1Nc2ccncc2C1=O. The summed E-state index contributed by atoms with van der Waals surface area (Å²) in [5.74, 6) is -2.96. The van der Waals surface area contributed by atoms with Gasteiger partial charge < -0.3 is 25.3 Å². The number of esters is 1. The maximum atomic E-state index is 11.9. The quantitative estimate of drug-likeness (QED) is 0.0860. The molecular weight excluding hydrogens is 688 g/mol. The lowest BCUT2D eigenvalue weighted by Gasteiger charge is -2.20. The summed E-state index contributed by atoms with van der Waals surface area (Å²) in [7, 11) is 0. The van der Waals surface area contributed by atoms with Crippen LogP contribution in [-0.4, -0.2) is 73.4 Å². The topological polar surface area (TPSA) is 244 Å². The molecule has 5 rings (SSSR count). The number of carbonyl (C=O) groups is 6. The molecule has 0 unspecified atom stereocenters. The maximum Gasteiger partial charge on any atom is 0.412 e. The van der Waals surface area contributed by atoms with E-state index in [1.54, 1.807) is 82.8 Å². The first-order chi connectivity index (χ1) is 24.9. The third kappa shape index (κ3) is 16.2. The molecule has 0 bridgehead atoms. The van der Waals surface area contributed by atoms with Crippen molar-refractivity contribution in [1.82, 2.24) is 19.9 Å². The zero-order valence-electron chi connectivity index (χ0n) is 30.3. The van der Waals surface area contributed by atoms with Gasteiger partial charge in [0.1, 0.15) is 11.2 Å². The lowest BCUT2D eigenvalue weighted by molar-refractivity contribution is -0.137. The van der Waals surface area contributed by atoms with Gasteiger partial charge in [0.2, 0.25) is 0 Å². The number of ether oxygens (including phenoxy) is 3. The highest BCUT2D eigenvalue weighted by molar-refractivity contribution is 6.51. The van der Waals surface area contributed by atoms with Crippen LogP contribution in [0.25, 0.3) is 0 Å². The van der Waals surface area contributed by atoms with Crippen molar-refractivity contribution in [1.29, 1.82) is 0 Å². The van der Waals surface area contributed by atoms with Crippen molar-refractivity contribution in [2.24, 2.45) is 0 Å². The minimum absolute atomic E-state index is 0.0539. The Labute approximate surface area is 306 Å². The fourth-order valence-corrected chi connectivity index (χ4v) is 3.61. The van der Waals surface area contributed by atoms with Gasteiger partial charge in [-0.1, -0.05) is 0 Å². The molecule has 1 aliphatic rings. The molecule has 0 aliphatic carbocycles. The van der Waals surface area contributed by atoms with E-state index in [0.29, 0.717) is 16.9 Å². The van der Waals surface area contributed by atoms with Gasteiger partial charge in [0.15, 0.2) is 0 Å². The third-order valence-electron chi connectivity index (χ3n) is 5.71. The van der Waals surface area contributed by atoms with Crippen LogP contribution in [0.2, 0.25) is 0 Å². The number of ketones is 2. The molecule has 17 nitrogen and oxygen atoms in total. The number of hydrogen-bond acceptors (Lipinski definition) is 14. The zero-order chi connectivity index (χ0) is 39.6. The molecule has 0 saturated heterocycles. The predicted molar refractivity (Wildman–Crippen MR) is 195 cm³/mol. The van der Waals surface area contributed by atoms with Crippen LogP contribution in [0.4, 0.5) is 32.3 Å². The second-order valence-electron chi connectivity index (χ2n) is 12.4. The van der Waals surface area contributed by atoms with Crippen LogP contribution in [0.1, 0.15) is 69.2 Å². The molecule has 4 aromatic rings. The Bertz CT molecular complexity index is 1860. The van der Waals surface area contributed by atoms with E-state index in [-0.39, 0.29) is 17.9 Å². The molecule has 5 heterocycles. The summed E-state index contributed by atoms with van der Waals surface area (Å²) < 4.78 is 14.8. The summed E-state index contributed by atoms with van der Waals surface area (Å²) in [5.41, 5.74) is 6.59. The number of amides is 3. The van der Waals surface area contributed by atoms with E-state index in [1.807, 2.05) is 20.8 Å². The van der Waals surface area contributed by atoms with Gasteiger partial charge in [0, 0.05) is 60.9 Å². The molecule has 4 aromatic heterocycles. The van der Waals surface area contributed by atoms with Gasteiger partial charge >= 0.3 is 18.2 Å². The van der Waals surface area contributed by atoms with E-state index in [9.17, 15) is 28.8 Å². The Morgan fingerprint density at radius 3 is 1.74 bits per heavy atom. The summed E-state index contributed by atoms with van der Waals surface area (Å²) in [6.07, 6.45) is 10.8. The monoisotopic (exact) mass is 730 g/mol. The summed E-state index contributed by atoms with van der Waals surface area (Å²) in [5, 5.41) is 7.43. The summed E-state index contributed by atoms with van der Waals surface area (Å²) in [6, 6.07) is 9.89. The smallest absolute Gasteiger partial charge is 0.412 e. The van der Waals surface area contributed by atoms with E-state index in [1.165, 1.54) is 30.9 Å². The van der Waals surface area contributed by atoms with Crippen LogP contribution in [0.15, 0.2) is 86.0 Å². The van der Waals surface area contributed by atoms with Gasteiger partial charge in [-0.2, -0.15) is 0 Å². The van der Waals surface area contributed by atoms with Crippen molar-refractivity contribution in [2.45, 2.75) is 59.7 Å². The number of carbonyl (C=O) groups excluding carboxylic acids is 6. The Balaban J connectivity index is 0.000000262. The van der Waals surface area contributed by atoms with Crippen molar-refractivity contribution in [2.75, 3.05) is 28.3 Å². The van der Waals surface area contributed by atoms with E-state index in [0.717, 1.165) is 5.69 Å². The van der Waals surface area contributed by atoms with Crippen LogP contribution in [0.3, 0.4) is 0 Å². The van der Waals surface area contributed by atoms with Crippen molar-refractivity contribution >= 4 is 58.4 Å². The van der Waals surface area contributed by atoms with Gasteiger partial charge in [-0.25, -0.2) is 14.4 Å². The predicted octanol–water partition coefficient (Wildman–Crippen LogP) is 5.48. The van der Waals surface area contributed by atoms with Gasteiger partial charge in [-0.15, -0.1) is 0 Å². The molecule has 0 radical (unpaired) electrons. The van der Waals surface area contributed by atoms with E-state index in [2.05, 4.69) is 40.6 Å². The highest BCUT2D eigenvalue weighted by atomic mass is 16.6. The van der Waals surface area contributed by atoms with E-state index < -0.39 is 46.8 Å². The van der Waals surface area contributed by atoms with Gasteiger partial charge in [-0.3, -0.25) is 45.0 Å². The largest absolute Gasteiger partial charge is 0.460 e. The second kappa shape index (κ2) is 20.2. The van der Waals surface area contributed by atoms with E-state index >= 15 is 0 Å². The highest BCUT2D eigenvalue weighted by Gasteiger charge is 2.27. The first-order valence-corrected chi connectivity index (χ1v) is 15.9. The normalized spacial score (nSPS) is 11.2. The number of rotatable bonds is 5. The molecule has 0 fully saturated rings. The number of pyridine rings is 4. The number of aromatic nitrogens is 4.